The molecule has 1 aromatic carbocycles. The van der Waals surface area contributed by atoms with E-state index in [-0.39, 0.29) is 17.9 Å². The zero-order chi connectivity index (χ0) is 19.6. The highest BCUT2D eigenvalue weighted by atomic mass is 19.4. The molecule has 3 aromatic rings. The SMILES string of the molecule is COC(=O)c1c(NCc2cnc3c(F)cccc3c2)ncnc1C(F)(F)F. The van der Waals surface area contributed by atoms with Crippen LogP contribution in [-0.4, -0.2) is 28.0 Å². The van der Waals surface area contributed by atoms with Crippen molar-refractivity contribution in [3.63, 3.8) is 0 Å². The Kier molecular flexibility index (Phi) is 4.89. The second-order valence-corrected chi connectivity index (χ2v) is 5.44. The minimum atomic E-state index is -4.86. The van der Waals surface area contributed by atoms with Crippen LogP contribution >= 0.6 is 0 Å². The van der Waals surface area contributed by atoms with Crippen molar-refractivity contribution < 1.29 is 27.1 Å². The van der Waals surface area contributed by atoms with Crippen molar-refractivity contribution in [2.45, 2.75) is 12.7 Å². The lowest BCUT2D eigenvalue weighted by molar-refractivity contribution is -0.141. The minimum Gasteiger partial charge on any atom is -0.465 e. The van der Waals surface area contributed by atoms with E-state index in [1.54, 1.807) is 12.1 Å². The fourth-order valence-electron chi connectivity index (χ4n) is 2.48. The molecule has 10 heteroatoms. The molecule has 0 saturated carbocycles. The average molecular weight is 380 g/mol. The normalized spacial score (nSPS) is 11.4. The molecule has 0 atom stereocenters. The fraction of sp³-hybridized carbons (Fsp3) is 0.176. The number of nitrogens with one attached hydrogen (secondary N) is 1. The molecule has 3 rings (SSSR count). The predicted octanol–water partition coefficient (Wildman–Crippen LogP) is 3.58. The number of pyridine rings is 1. The highest BCUT2D eigenvalue weighted by molar-refractivity contribution is 5.95. The Morgan fingerprint density at radius 1 is 1.22 bits per heavy atom. The van der Waals surface area contributed by atoms with Gasteiger partial charge in [-0.2, -0.15) is 13.2 Å². The standard InChI is InChI=1S/C17H12F4N4O2/c1-27-16(26)12-14(17(19,20)21)24-8-25-15(12)23-7-9-5-10-3-2-4-11(18)13(10)22-6-9/h2-6,8H,7H2,1H3,(H,23,24,25). The number of fused-ring (bicyclic) bond motifs is 1. The average Bonchev–Trinajstić information content (AvgIpc) is 2.64. The van der Waals surface area contributed by atoms with Crippen LogP contribution in [0, 0.1) is 5.82 Å². The Labute approximate surface area is 150 Å². The lowest BCUT2D eigenvalue weighted by Gasteiger charge is -2.14. The Morgan fingerprint density at radius 3 is 2.70 bits per heavy atom. The number of para-hydroxylation sites is 1. The van der Waals surface area contributed by atoms with Gasteiger partial charge in [-0.3, -0.25) is 4.98 Å². The monoisotopic (exact) mass is 380 g/mol. The minimum absolute atomic E-state index is 0.00222. The zero-order valence-corrected chi connectivity index (χ0v) is 13.8. The summed E-state index contributed by atoms with van der Waals surface area (Å²) in [6.45, 7) is -0.00222. The topological polar surface area (TPSA) is 77.0 Å². The molecule has 27 heavy (non-hydrogen) atoms. The van der Waals surface area contributed by atoms with E-state index in [1.807, 2.05) is 0 Å². The number of benzene rings is 1. The van der Waals surface area contributed by atoms with Crippen LogP contribution in [0.15, 0.2) is 36.8 Å². The first kappa shape index (κ1) is 18.5. The number of anilines is 1. The van der Waals surface area contributed by atoms with Gasteiger partial charge in [-0.1, -0.05) is 12.1 Å². The van der Waals surface area contributed by atoms with E-state index in [2.05, 4.69) is 25.0 Å². The summed E-state index contributed by atoms with van der Waals surface area (Å²) < 4.78 is 57.5. The summed E-state index contributed by atoms with van der Waals surface area (Å²) in [5, 5.41) is 3.18. The third-order valence-corrected chi connectivity index (χ3v) is 3.68. The molecule has 0 unspecified atom stereocenters. The third kappa shape index (κ3) is 3.78. The maximum absolute atomic E-state index is 13.7. The number of rotatable bonds is 4. The van der Waals surface area contributed by atoms with Crippen molar-refractivity contribution in [3.8, 4) is 0 Å². The highest BCUT2D eigenvalue weighted by Gasteiger charge is 2.39. The van der Waals surface area contributed by atoms with E-state index in [4.69, 9.17) is 0 Å². The molecule has 0 aliphatic carbocycles. The van der Waals surface area contributed by atoms with Crippen molar-refractivity contribution in [2.75, 3.05) is 12.4 Å². The molecule has 0 aliphatic rings. The Balaban J connectivity index is 1.93. The van der Waals surface area contributed by atoms with E-state index in [0.29, 0.717) is 17.3 Å². The van der Waals surface area contributed by atoms with Crippen molar-refractivity contribution in [2.24, 2.45) is 0 Å². The number of carbonyl (C=O) groups is 1. The van der Waals surface area contributed by atoms with Crippen LogP contribution in [0.3, 0.4) is 0 Å². The van der Waals surface area contributed by atoms with Gasteiger partial charge >= 0.3 is 12.1 Å². The Morgan fingerprint density at radius 2 is 2.00 bits per heavy atom. The molecule has 0 aliphatic heterocycles. The lowest BCUT2D eigenvalue weighted by Crippen LogP contribution is -2.20. The summed E-state index contributed by atoms with van der Waals surface area (Å²) in [5.41, 5.74) is -1.48. The summed E-state index contributed by atoms with van der Waals surface area (Å²) in [6.07, 6.45) is -2.78. The van der Waals surface area contributed by atoms with E-state index in [0.717, 1.165) is 7.11 Å². The van der Waals surface area contributed by atoms with Gasteiger partial charge in [0, 0.05) is 18.1 Å². The lowest BCUT2D eigenvalue weighted by atomic mass is 10.1. The maximum Gasteiger partial charge on any atom is 0.434 e. The zero-order valence-electron chi connectivity index (χ0n) is 13.8. The molecular formula is C17H12F4N4O2. The van der Waals surface area contributed by atoms with Crippen LogP contribution in [0.25, 0.3) is 10.9 Å². The quantitative estimate of drug-likeness (QED) is 0.551. The molecular weight excluding hydrogens is 368 g/mol. The number of carbonyl (C=O) groups excluding carboxylic acids is 1. The van der Waals surface area contributed by atoms with E-state index in [1.165, 1.54) is 18.3 Å². The number of methoxy groups -OCH3 is 1. The number of esters is 1. The summed E-state index contributed by atoms with van der Waals surface area (Å²) >= 11 is 0. The van der Waals surface area contributed by atoms with Crippen molar-refractivity contribution >= 4 is 22.7 Å². The van der Waals surface area contributed by atoms with Crippen LogP contribution in [-0.2, 0) is 17.5 Å². The maximum atomic E-state index is 13.7. The smallest absolute Gasteiger partial charge is 0.434 e. The third-order valence-electron chi connectivity index (χ3n) is 3.68. The number of hydrogen-bond donors (Lipinski definition) is 1. The number of ether oxygens (including phenoxy) is 1. The number of nitrogens with zero attached hydrogens (tertiary/aromatic N) is 3. The second-order valence-electron chi connectivity index (χ2n) is 5.44. The molecule has 0 bridgehead atoms. The highest BCUT2D eigenvalue weighted by Crippen LogP contribution is 2.33. The first-order chi connectivity index (χ1) is 12.8. The Hall–Kier alpha value is -3.30. The van der Waals surface area contributed by atoms with Crippen LogP contribution in [0.2, 0.25) is 0 Å². The van der Waals surface area contributed by atoms with Crippen LogP contribution < -0.4 is 5.32 Å². The van der Waals surface area contributed by atoms with Crippen molar-refractivity contribution in [3.05, 3.63) is 59.4 Å². The first-order valence-corrected chi connectivity index (χ1v) is 7.58. The molecule has 0 amide bonds. The van der Waals surface area contributed by atoms with Gasteiger partial charge in [0.15, 0.2) is 5.69 Å². The second kappa shape index (κ2) is 7.14. The van der Waals surface area contributed by atoms with Gasteiger partial charge in [0.2, 0.25) is 0 Å². The first-order valence-electron chi connectivity index (χ1n) is 7.58. The number of halogens is 4. The largest absolute Gasteiger partial charge is 0.465 e. The van der Waals surface area contributed by atoms with Gasteiger partial charge in [0.1, 0.15) is 29.0 Å². The molecule has 2 heterocycles. The van der Waals surface area contributed by atoms with Crippen LogP contribution in [0.5, 0.6) is 0 Å². The van der Waals surface area contributed by atoms with E-state index >= 15 is 0 Å². The number of alkyl halides is 3. The van der Waals surface area contributed by atoms with Crippen molar-refractivity contribution in [1.82, 2.24) is 15.0 Å². The summed E-state index contributed by atoms with van der Waals surface area (Å²) in [4.78, 5) is 22.7. The molecule has 1 N–H and O–H groups in total. The van der Waals surface area contributed by atoms with Crippen LogP contribution in [0.1, 0.15) is 21.6 Å². The molecule has 140 valence electrons. The molecule has 2 aromatic heterocycles. The summed E-state index contributed by atoms with van der Waals surface area (Å²) in [5.74, 6) is -2.03. The molecule has 6 nitrogen and oxygen atoms in total. The predicted molar refractivity (Wildman–Crippen MR) is 87.4 cm³/mol. The number of aromatic nitrogens is 3. The van der Waals surface area contributed by atoms with Gasteiger partial charge < -0.3 is 10.1 Å². The summed E-state index contributed by atoms with van der Waals surface area (Å²) in [6, 6.07) is 6.07. The van der Waals surface area contributed by atoms with Gasteiger partial charge in [0.25, 0.3) is 0 Å². The molecule has 0 radical (unpaired) electrons. The van der Waals surface area contributed by atoms with Crippen molar-refractivity contribution in [1.29, 1.82) is 0 Å². The molecule has 0 saturated heterocycles. The fourth-order valence-corrected chi connectivity index (χ4v) is 2.48. The van der Waals surface area contributed by atoms with Gasteiger partial charge in [-0.15, -0.1) is 0 Å². The molecule has 0 spiro atoms. The van der Waals surface area contributed by atoms with E-state index < -0.39 is 29.2 Å². The van der Waals surface area contributed by atoms with Gasteiger partial charge in [-0.05, 0) is 17.7 Å². The van der Waals surface area contributed by atoms with Gasteiger partial charge in [0.05, 0.1) is 7.11 Å². The molecule has 0 fully saturated rings. The Bertz CT molecular complexity index is 1010. The number of hydrogen-bond acceptors (Lipinski definition) is 6. The van der Waals surface area contributed by atoms with Crippen LogP contribution in [0.4, 0.5) is 23.4 Å². The summed E-state index contributed by atoms with van der Waals surface area (Å²) in [7, 11) is 0.959. The van der Waals surface area contributed by atoms with Gasteiger partial charge in [-0.25, -0.2) is 19.2 Å². The van der Waals surface area contributed by atoms with E-state index in [9.17, 15) is 22.4 Å².